The minimum Gasteiger partial charge on any atom is -0.493 e. The second-order valence-electron chi connectivity index (χ2n) is 16.3. The molecule has 10 heteroatoms. The van der Waals surface area contributed by atoms with Gasteiger partial charge >= 0.3 is 0 Å². The molecule has 0 N–H and O–H groups in total. The SMILES string of the molecule is COc1cc2c(cc1OCCC(C)(C)CCC(C)(C)COc1cc3c(cc1OC)C(=O)N1C=C(C)CC1C=N3)N(C)C(C)[C@H]1CC(C)=CN1C2=O. The van der Waals surface area contributed by atoms with Crippen LogP contribution in [0.3, 0.4) is 0 Å². The number of nitrogens with zero attached hydrogens (tertiary/aromatic N) is 4. The van der Waals surface area contributed by atoms with Gasteiger partial charge in [-0.2, -0.15) is 0 Å². The molecular formula is C41H54N4O6. The fraction of sp³-hybridized carbons (Fsp3) is 0.537. The Morgan fingerprint density at radius 3 is 2.08 bits per heavy atom. The summed E-state index contributed by atoms with van der Waals surface area (Å²) in [5.74, 6) is 2.24. The molecular weight excluding hydrogens is 644 g/mol. The molecule has 3 atom stereocenters. The fourth-order valence-electron chi connectivity index (χ4n) is 7.46. The number of hydrogen-bond acceptors (Lipinski definition) is 8. The molecule has 0 bridgehead atoms. The van der Waals surface area contributed by atoms with Crippen molar-refractivity contribution in [2.24, 2.45) is 15.8 Å². The van der Waals surface area contributed by atoms with Crippen molar-refractivity contribution in [1.82, 2.24) is 9.80 Å². The number of likely N-dealkylation sites (N-methyl/N-ethyl adjacent to an activating group) is 1. The van der Waals surface area contributed by atoms with Crippen molar-refractivity contribution in [2.45, 2.75) is 98.7 Å². The third-order valence-corrected chi connectivity index (χ3v) is 11.1. The molecule has 2 aromatic carbocycles. The molecule has 2 aromatic rings. The van der Waals surface area contributed by atoms with Gasteiger partial charge in [0.15, 0.2) is 23.0 Å². The van der Waals surface area contributed by atoms with Crippen LogP contribution >= 0.6 is 0 Å². The van der Waals surface area contributed by atoms with Crippen LogP contribution in [0.4, 0.5) is 11.4 Å². The highest BCUT2D eigenvalue weighted by Gasteiger charge is 2.40. The highest BCUT2D eigenvalue weighted by molar-refractivity contribution is 6.04. The van der Waals surface area contributed by atoms with E-state index in [4.69, 9.17) is 18.9 Å². The summed E-state index contributed by atoms with van der Waals surface area (Å²) < 4.78 is 24.2. The Morgan fingerprint density at radius 1 is 0.765 bits per heavy atom. The number of rotatable bonds is 12. The topological polar surface area (TPSA) is 93.1 Å². The van der Waals surface area contributed by atoms with Gasteiger partial charge < -0.3 is 33.6 Å². The minimum absolute atomic E-state index is 0.00207. The van der Waals surface area contributed by atoms with Gasteiger partial charge in [-0.1, -0.05) is 38.8 Å². The summed E-state index contributed by atoms with van der Waals surface area (Å²) in [7, 11) is 5.27. The van der Waals surface area contributed by atoms with Gasteiger partial charge in [0, 0.05) is 43.8 Å². The second-order valence-corrected chi connectivity index (χ2v) is 16.3. The minimum atomic E-state index is -0.129. The van der Waals surface area contributed by atoms with Gasteiger partial charge in [-0.3, -0.25) is 14.6 Å². The third kappa shape index (κ3) is 7.32. The molecule has 10 nitrogen and oxygen atoms in total. The number of hydrogen-bond donors (Lipinski definition) is 0. The van der Waals surface area contributed by atoms with Gasteiger partial charge in [0.05, 0.1) is 62.0 Å². The normalized spacial score (nSPS) is 21.3. The molecule has 0 saturated heterocycles. The molecule has 0 saturated carbocycles. The highest BCUT2D eigenvalue weighted by atomic mass is 16.5. The van der Waals surface area contributed by atoms with Crippen molar-refractivity contribution in [3.8, 4) is 23.0 Å². The van der Waals surface area contributed by atoms with E-state index in [1.54, 1.807) is 25.2 Å². The van der Waals surface area contributed by atoms with Crippen LogP contribution in [0.1, 0.15) is 101 Å². The van der Waals surface area contributed by atoms with E-state index in [9.17, 15) is 9.59 Å². The van der Waals surface area contributed by atoms with E-state index in [0.717, 1.165) is 43.4 Å². The van der Waals surface area contributed by atoms with Crippen molar-refractivity contribution >= 4 is 29.4 Å². The summed E-state index contributed by atoms with van der Waals surface area (Å²) in [6.45, 7) is 16.2. The van der Waals surface area contributed by atoms with Crippen molar-refractivity contribution in [3.05, 3.63) is 58.9 Å². The first kappa shape index (κ1) is 36.3. The highest BCUT2D eigenvalue weighted by Crippen LogP contribution is 2.43. The van der Waals surface area contributed by atoms with E-state index in [0.29, 0.717) is 53.0 Å². The number of carbonyl (C=O) groups is 2. The fourth-order valence-corrected chi connectivity index (χ4v) is 7.46. The molecule has 0 spiro atoms. The predicted molar refractivity (Wildman–Crippen MR) is 201 cm³/mol. The third-order valence-electron chi connectivity index (χ3n) is 11.1. The van der Waals surface area contributed by atoms with Gasteiger partial charge in [0.25, 0.3) is 11.8 Å². The molecule has 4 aliphatic rings. The Hall–Kier alpha value is -4.47. The number of aliphatic imine (C=N–C) groups is 1. The van der Waals surface area contributed by atoms with Crippen molar-refractivity contribution in [3.63, 3.8) is 0 Å². The number of ether oxygens (including phenoxy) is 4. The molecule has 4 heterocycles. The number of methoxy groups -OCH3 is 2. The first-order chi connectivity index (χ1) is 24.1. The van der Waals surface area contributed by atoms with Gasteiger partial charge in [-0.15, -0.1) is 0 Å². The smallest absolute Gasteiger partial charge is 0.260 e. The Morgan fingerprint density at radius 2 is 1.37 bits per heavy atom. The first-order valence-corrected chi connectivity index (χ1v) is 18.1. The lowest BCUT2D eigenvalue weighted by Crippen LogP contribution is -2.44. The summed E-state index contributed by atoms with van der Waals surface area (Å²) in [5, 5.41) is 0. The largest absolute Gasteiger partial charge is 0.493 e. The summed E-state index contributed by atoms with van der Waals surface area (Å²) in [4.78, 5) is 37.5. The number of benzene rings is 2. The zero-order valence-corrected chi connectivity index (χ0v) is 32.0. The first-order valence-electron chi connectivity index (χ1n) is 18.1. The molecule has 51 heavy (non-hydrogen) atoms. The van der Waals surface area contributed by atoms with E-state index < -0.39 is 0 Å². The summed E-state index contributed by atoms with van der Waals surface area (Å²) in [5.41, 5.74) is 4.86. The van der Waals surface area contributed by atoms with E-state index in [-0.39, 0.29) is 40.8 Å². The van der Waals surface area contributed by atoms with Crippen molar-refractivity contribution in [2.75, 3.05) is 39.4 Å². The number of amides is 2. The zero-order valence-electron chi connectivity index (χ0n) is 32.0. The molecule has 6 rings (SSSR count). The van der Waals surface area contributed by atoms with E-state index >= 15 is 0 Å². The summed E-state index contributed by atoms with van der Waals surface area (Å²) >= 11 is 0. The lowest BCUT2D eigenvalue weighted by atomic mass is 9.78. The van der Waals surface area contributed by atoms with Crippen LogP contribution in [0.25, 0.3) is 0 Å². The maximum Gasteiger partial charge on any atom is 0.260 e. The van der Waals surface area contributed by atoms with Crippen LogP contribution in [0, 0.1) is 10.8 Å². The number of anilines is 1. The Kier molecular flexibility index (Phi) is 9.92. The van der Waals surface area contributed by atoms with Gasteiger partial charge in [0.1, 0.15) is 0 Å². The number of fused-ring (bicyclic) bond motifs is 4. The van der Waals surface area contributed by atoms with E-state index in [1.165, 1.54) is 5.57 Å². The monoisotopic (exact) mass is 698 g/mol. The molecule has 2 amide bonds. The Bertz CT molecular complexity index is 1790. The summed E-state index contributed by atoms with van der Waals surface area (Å²) in [6.07, 6.45) is 10.2. The molecule has 0 aliphatic carbocycles. The van der Waals surface area contributed by atoms with Crippen LogP contribution in [0.15, 0.2) is 52.8 Å². The van der Waals surface area contributed by atoms with E-state index in [1.807, 2.05) is 48.6 Å². The molecule has 0 aromatic heterocycles. The lowest BCUT2D eigenvalue weighted by molar-refractivity contribution is 0.0779. The molecule has 0 radical (unpaired) electrons. The van der Waals surface area contributed by atoms with Crippen LogP contribution < -0.4 is 23.8 Å². The maximum atomic E-state index is 13.6. The molecule has 0 fully saturated rings. The Labute approximate surface area is 303 Å². The molecule has 4 aliphatic heterocycles. The number of carbonyl (C=O) groups excluding carboxylic acids is 2. The van der Waals surface area contributed by atoms with Gasteiger partial charge in [-0.05, 0) is 75.8 Å². The van der Waals surface area contributed by atoms with Crippen LogP contribution in [0.2, 0.25) is 0 Å². The van der Waals surface area contributed by atoms with Crippen LogP contribution in [-0.4, -0.2) is 80.4 Å². The molecule has 2 unspecified atom stereocenters. The molecule has 274 valence electrons. The quantitative estimate of drug-likeness (QED) is 0.221. The van der Waals surface area contributed by atoms with E-state index in [2.05, 4.69) is 58.5 Å². The maximum absolute atomic E-state index is 13.6. The predicted octanol–water partition coefficient (Wildman–Crippen LogP) is 8.18. The lowest BCUT2D eigenvalue weighted by Gasteiger charge is -2.32. The van der Waals surface area contributed by atoms with Gasteiger partial charge in [-0.25, -0.2) is 0 Å². The Balaban J connectivity index is 1.06. The zero-order chi connectivity index (χ0) is 36.8. The summed E-state index contributed by atoms with van der Waals surface area (Å²) in [6, 6.07) is 7.56. The standard InChI is InChI=1S/C41H54N4O6/c1-25-15-28-21-42-31-19-36(34(48-9)17-29(31)38(46)44(28)22-25)51-24-41(6,7)12-11-40(4,5)13-14-50-37-20-33-30(18-35(37)49-10)39(47)45-23-26(2)16-32(45)27(3)43(33)8/h17-23,27-28,32H,11-16,24H2,1-10H3/t27?,28?,32-/m1/s1. The average molecular weight is 699 g/mol. The second kappa shape index (κ2) is 13.9. The average Bonchev–Trinajstić information content (AvgIpc) is 3.64. The van der Waals surface area contributed by atoms with Crippen molar-refractivity contribution < 1.29 is 28.5 Å². The van der Waals surface area contributed by atoms with Crippen molar-refractivity contribution in [1.29, 1.82) is 0 Å². The van der Waals surface area contributed by atoms with Crippen LogP contribution in [0.5, 0.6) is 23.0 Å². The van der Waals surface area contributed by atoms with Gasteiger partial charge in [0.2, 0.25) is 0 Å². The van der Waals surface area contributed by atoms with Crippen LogP contribution in [-0.2, 0) is 0 Å².